The van der Waals surface area contributed by atoms with Crippen molar-refractivity contribution in [2.45, 2.75) is 31.3 Å². The predicted octanol–water partition coefficient (Wildman–Crippen LogP) is -0.0794. The van der Waals surface area contributed by atoms with E-state index >= 15 is 0 Å². The molecule has 0 aromatic heterocycles. The second-order valence-electron chi connectivity index (χ2n) is 5.96. The molecule has 3 saturated heterocycles. The lowest BCUT2D eigenvalue weighted by atomic mass is 9.88. The number of rotatable bonds is 1. The number of hydrogen-bond acceptors (Lipinski definition) is 4. The molecule has 0 atom stereocenters. The minimum absolute atomic E-state index is 0.0451. The monoisotopic (exact) mass is 282 g/mol. The van der Waals surface area contributed by atoms with Crippen LogP contribution in [0.5, 0.6) is 0 Å². The van der Waals surface area contributed by atoms with Crippen molar-refractivity contribution in [1.29, 1.82) is 0 Å². The molecule has 20 heavy (non-hydrogen) atoms. The Hall–Kier alpha value is -1.14. The van der Waals surface area contributed by atoms with Crippen LogP contribution in [-0.2, 0) is 19.1 Å². The zero-order valence-corrected chi connectivity index (χ0v) is 11.7. The first-order valence-electron chi connectivity index (χ1n) is 7.46. The van der Waals surface area contributed by atoms with Crippen LogP contribution in [-0.4, -0.2) is 61.8 Å². The van der Waals surface area contributed by atoms with Crippen molar-refractivity contribution in [2.75, 3.05) is 39.5 Å². The van der Waals surface area contributed by atoms with Crippen molar-refractivity contribution in [2.24, 2.45) is 5.92 Å². The minimum atomic E-state index is -0.250. The number of piperidine rings is 1. The van der Waals surface area contributed by atoms with E-state index in [1.54, 1.807) is 0 Å². The second-order valence-corrected chi connectivity index (χ2v) is 5.96. The highest BCUT2D eigenvalue weighted by atomic mass is 16.5. The summed E-state index contributed by atoms with van der Waals surface area (Å²) >= 11 is 0. The molecule has 3 rings (SSSR count). The lowest BCUT2D eigenvalue weighted by Crippen LogP contribution is -2.58. The molecule has 1 N–H and O–H groups in total. The van der Waals surface area contributed by atoms with Crippen LogP contribution < -0.4 is 5.32 Å². The number of ether oxygens (including phenoxy) is 2. The topological polar surface area (TPSA) is 67.9 Å². The molecule has 0 aromatic rings. The summed E-state index contributed by atoms with van der Waals surface area (Å²) in [6.45, 7) is 3.57. The molecule has 0 radical (unpaired) electrons. The van der Waals surface area contributed by atoms with Crippen LogP contribution in [0.4, 0.5) is 0 Å². The average Bonchev–Trinajstić information content (AvgIpc) is 2.52. The zero-order valence-electron chi connectivity index (χ0n) is 11.7. The third kappa shape index (κ3) is 2.81. The van der Waals surface area contributed by atoms with Crippen molar-refractivity contribution < 1.29 is 19.1 Å². The number of morpholine rings is 1. The van der Waals surface area contributed by atoms with Gasteiger partial charge in [-0.2, -0.15) is 0 Å². The Morgan fingerprint density at radius 2 is 1.95 bits per heavy atom. The highest BCUT2D eigenvalue weighted by Gasteiger charge is 2.40. The van der Waals surface area contributed by atoms with Crippen LogP contribution in [0.1, 0.15) is 25.7 Å². The molecular weight excluding hydrogens is 260 g/mol. The molecule has 3 aliphatic rings. The number of hydrogen-bond donors (Lipinski definition) is 1. The third-order valence-electron chi connectivity index (χ3n) is 4.67. The van der Waals surface area contributed by atoms with Gasteiger partial charge in [0.25, 0.3) is 0 Å². The number of carbonyl (C=O) groups is 2. The number of carbonyl (C=O) groups excluding carboxylic acids is 2. The largest absolute Gasteiger partial charge is 0.381 e. The van der Waals surface area contributed by atoms with Crippen LogP contribution in [0.15, 0.2) is 0 Å². The van der Waals surface area contributed by atoms with E-state index in [9.17, 15) is 9.59 Å². The van der Waals surface area contributed by atoms with Gasteiger partial charge in [-0.1, -0.05) is 0 Å². The fraction of sp³-hybridized carbons (Fsp3) is 0.857. The van der Waals surface area contributed by atoms with Gasteiger partial charge in [0.2, 0.25) is 11.8 Å². The number of likely N-dealkylation sites (tertiary alicyclic amines) is 1. The van der Waals surface area contributed by atoms with Crippen LogP contribution >= 0.6 is 0 Å². The minimum Gasteiger partial charge on any atom is -0.381 e. The standard InChI is InChI=1S/C14H22N2O4/c17-12-9-20-14(10-15-12)3-5-16(6-4-14)13(18)11-1-7-19-8-2-11/h11H,1-10H2,(H,15,17). The second kappa shape index (κ2) is 5.69. The van der Waals surface area contributed by atoms with Crippen LogP contribution in [0, 0.1) is 5.92 Å². The molecule has 3 heterocycles. The highest BCUT2D eigenvalue weighted by Crippen LogP contribution is 2.29. The fourth-order valence-electron chi connectivity index (χ4n) is 3.24. The maximum absolute atomic E-state index is 12.4. The molecule has 0 aliphatic carbocycles. The predicted molar refractivity (Wildman–Crippen MR) is 71.0 cm³/mol. The van der Waals surface area contributed by atoms with Gasteiger partial charge < -0.3 is 19.7 Å². The van der Waals surface area contributed by atoms with E-state index in [1.807, 2.05) is 4.90 Å². The van der Waals surface area contributed by atoms with Crippen molar-refractivity contribution >= 4 is 11.8 Å². The van der Waals surface area contributed by atoms with E-state index < -0.39 is 0 Å². The van der Waals surface area contributed by atoms with Crippen LogP contribution in [0.3, 0.4) is 0 Å². The normalized spacial score (nSPS) is 27.4. The first-order chi connectivity index (χ1) is 9.69. The molecule has 3 aliphatic heterocycles. The molecule has 0 aromatic carbocycles. The van der Waals surface area contributed by atoms with E-state index in [4.69, 9.17) is 9.47 Å². The smallest absolute Gasteiger partial charge is 0.246 e. The summed E-state index contributed by atoms with van der Waals surface area (Å²) in [6, 6.07) is 0. The van der Waals surface area contributed by atoms with E-state index in [1.165, 1.54) is 0 Å². The summed E-state index contributed by atoms with van der Waals surface area (Å²) in [4.78, 5) is 25.6. The Kier molecular flexibility index (Phi) is 3.94. The van der Waals surface area contributed by atoms with Crippen molar-refractivity contribution in [3.63, 3.8) is 0 Å². The summed E-state index contributed by atoms with van der Waals surface area (Å²) in [5, 5.41) is 2.87. The van der Waals surface area contributed by atoms with Gasteiger partial charge in [-0.3, -0.25) is 9.59 Å². The van der Waals surface area contributed by atoms with Gasteiger partial charge in [0.15, 0.2) is 0 Å². The van der Waals surface area contributed by atoms with Gasteiger partial charge >= 0.3 is 0 Å². The van der Waals surface area contributed by atoms with Crippen molar-refractivity contribution in [1.82, 2.24) is 10.2 Å². The summed E-state index contributed by atoms with van der Waals surface area (Å²) in [7, 11) is 0. The Morgan fingerprint density at radius 3 is 2.55 bits per heavy atom. The van der Waals surface area contributed by atoms with Gasteiger partial charge in [-0.05, 0) is 25.7 Å². The molecule has 0 unspecified atom stereocenters. The summed E-state index contributed by atoms with van der Waals surface area (Å²) in [5.74, 6) is 0.351. The van der Waals surface area contributed by atoms with Crippen LogP contribution in [0.25, 0.3) is 0 Å². The zero-order chi connectivity index (χ0) is 14.0. The maximum Gasteiger partial charge on any atom is 0.246 e. The van der Waals surface area contributed by atoms with E-state index in [0.29, 0.717) is 19.8 Å². The van der Waals surface area contributed by atoms with E-state index in [0.717, 1.165) is 38.8 Å². The Morgan fingerprint density at radius 1 is 1.25 bits per heavy atom. The van der Waals surface area contributed by atoms with Crippen molar-refractivity contribution in [3.05, 3.63) is 0 Å². The Balaban J connectivity index is 1.52. The fourth-order valence-corrected chi connectivity index (χ4v) is 3.24. The Bertz CT molecular complexity index is 373. The number of nitrogens with one attached hydrogen (secondary N) is 1. The molecular formula is C14H22N2O4. The molecule has 112 valence electrons. The molecule has 3 fully saturated rings. The van der Waals surface area contributed by atoms with Gasteiger partial charge in [-0.25, -0.2) is 0 Å². The van der Waals surface area contributed by atoms with Gasteiger partial charge in [0.05, 0.1) is 5.60 Å². The number of nitrogens with zero attached hydrogens (tertiary/aromatic N) is 1. The first-order valence-corrected chi connectivity index (χ1v) is 7.46. The lowest BCUT2D eigenvalue weighted by Gasteiger charge is -2.44. The van der Waals surface area contributed by atoms with Gasteiger partial charge in [-0.15, -0.1) is 0 Å². The van der Waals surface area contributed by atoms with E-state index in [-0.39, 0.29) is 29.9 Å². The van der Waals surface area contributed by atoms with Crippen molar-refractivity contribution in [3.8, 4) is 0 Å². The molecule has 0 bridgehead atoms. The first kappa shape index (κ1) is 13.8. The molecule has 2 amide bonds. The molecule has 0 saturated carbocycles. The van der Waals surface area contributed by atoms with Crippen LogP contribution in [0.2, 0.25) is 0 Å². The van der Waals surface area contributed by atoms with Gasteiger partial charge in [0, 0.05) is 38.8 Å². The lowest BCUT2D eigenvalue weighted by molar-refractivity contribution is -0.157. The molecule has 6 heteroatoms. The Labute approximate surface area is 118 Å². The molecule has 1 spiro atoms. The summed E-state index contributed by atoms with van der Waals surface area (Å²) in [5.41, 5.74) is -0.250. The van der Waals surface area contributed by atoms with E-state index in [2.05, 4.69) is 5.32 Å². The third-order valence-corrected chi connectivity index (χ3v) is 4.67. The quantitative estimate of drug-likeness (QED) is 0.730. The summed E-state index contributed by atoms with van der Waals surface area (Å²) < 4.78 is 11.0. The highest BCUT2D eigenvalue weighted by molar-refractivity contribution is 5.79. The summed E-state index contributed by atoms with van der Waals surface area (Å²) in [6.07, 6.45) is 3.30. The number of amides is 2. The molecule has 6 nitrogen and oxygen atoms in total. The average molecular weight is 282 g/mol. The SMILES string of the molecule is O=C1COC2(CCN(C(=O)C3CCOCC3)CC2)CN1. The van der Waals surface area contributed by atoms with Gasteiger partial charge in [0.1, 0.15) is 6.61 Å². The maximum atomic E-state index is 12.4.